The SMILES string of the molecule is CNCC1Oc2ccccc2C1n1ccc2ccccc21. The third kappa shape index (κ3) is 1.93. The molecule has 0 saturated heterocycles. The second-order valence-corrected chi connectivity index (χ2v) is 5.48. The molecule has 0 aliphatic carbocycles. The van der Waals surface area contributed by atoms with Gasteiger partial charge in [-0.25, -0.2) is 0 Å². The van der Waals surface area contributed by atoms with E-state index >= 15 is 0 Å². The highest BCUT2D eigenvalue weighted by atomic mass is 16.5. The van der Waals surface area contributed by atoms with Gasteiger partial charge in [-0.1, -0.05) is 36.4 Å². The van der Waals surface area contributed by atoms with E-state index in [1.807, 2.05) is 13.1 Å². The maximum Gasteiger partial charge on any atom is 0.136 e. The van der Waals surface area contributed by atoms with Crippen molar-refractivity contribution in [3.8, 4) is 5.75 Å². The van der Waals surface area contributed by atoms with E-state index in [4.69, 9.17) is 4.74 Å². The zero-order chi connectivity index (χ0) is 14.2. The molecule has 0 fully saturated rings. The lowest BCUT2D eigenvalue weighted by Gasteiger charge is -2.21. The van der Waals surface area contributed by atoms with E-state index in [0.29, 0.717) is 0 Å². The second-order valence-electron chi connectivity index (χ2n) is 5.48. The summed E-state index contributed by atoms with van der Waals surface area (Å²) in [5.41, 5.74) is 2.52. The molecule has 3 heteroatoms. The van der Waals surface area contributed by atoms with Crippen LogP contribution in [0.4, 0.5) is 0 Å². The first-order valence-electron chi connectivity index (χ1n) is 7.34. The van der Waals surface area contributed by atoms with Crippen LogP contribution in [0.1, 0.15) is 11.6 Å². The number of hydrogen-bond donors (Lipinski definition) is 1. The summed E-state index contributed by atoms with van der Waals surface area (Å²) in [4.78, 5) is 0. The number of benzene rings is 2. The maximum absolute atomic E-state index is 6.15. The fraction of sp³-hybridized carbons (Fsp3) is 0.222. The van der Waals surface area contributed by atoms with Crippen LogP contribution in [0.25, 0.3) is 10.9 Å². The Morgan fingerprint density at radius 2 is 1.86 bits per heavy atom. The van der Waals surface area contributed by atoms with Crippen LogP contribution in [0.5, 0.6) is 5.75 Å². The molecular formula is C18H18N2O. The summed E-state index contributed by atoms with van der Waals surface area (Å²) in [6.45, 7) is 0.825. The van der Waals surface area contributed by atoms with E-state index in [-0.39, 0.29) is 12.1 Å². The molecule has 2 atom stereocenters. The fourth-order valence-electron chi connectivity index (χ4n) is 3.29. The lowest BCUT2D eigenvalue weighted by atomic mass is 10.0. The van der Waals surface area contributed by atoms with Crippen molar-refractivity contribution in [2.75, 3.05) is 13.6 Å². The van der Waals surface area contributed by atoms with Crippen molar-refractivity contribution in [1.82, 2.24) is 9.88 Å². The van der Waals surface area contributed by atoms with Gasteiger partial charge >= 0.3 is 0 Å². The molecule has 2 unspecified atom stereocenters. The van der Waals surface area contributed by atoms with Gasteiger partial charge in [0.05, 0.1) is 0 Å². The Labute approximate surface area is 124 Å². The Morgan fingerprint density at radius 3 is 2.76 bits per heavy atom. The molecule has 106 valence electrons. The number of rotatable bonds is 3. The number of para-hydroxylation sites is 2. The Hall–Kier alpha value is -2.26. The highest BCUT2D eigenvalue weighted by Gasteiger charge is 2.35. The molecule has 0 radical (unpaired) electrons. The van der Waals surface area contributed by atoms with Crippen molar-refractivity contribution in [2.45, 2.75) is 12.1 Å². The van der Waals surface area contributed by atoms with Crippen LogP contribution in [-0.4, -0.2) is 24.3 Å². The third-order valence-corrected chi connectivity index (χ3v) is 4.20. The number of nitrogens with zero attached hydrogens (tertiary/aromatic N) is 1. The number of aromatic nitrogens is 1. The van der Waals surface area contributed by atoms with E-state index in [0.717, 1.165) is 12.3 Å². The van der Waals surface area contributed by atoms with Gasteiger partial charge in [0.25, 0.3) is 0 Å². The van der Waals surface area contributed by atoms with Gasteiger partial charge in [0.15, 0.2) is 0 Å². The van der Waals surface area contributed by atoms with Crippen LogP contribution in [-0.2, 0) is 0 Å². The highest BCUT2D eigenvalue weighted by molar-refractivity contribution is 5.80. The van der Waals surface area contributed by atoms with Crippen molar-refractivity contribution in [3.05, 3.63) is 66.4 Å². The zero-order valence-corrected chi connectivity index (χ0v) is 12.0. The molecule has 1 N–H and O–H groups in total. The van der Waals surface area contributed by atoms with E-state index in [2.05, 4.69) is 64.6 Å². The van der Waals surface area contributed by atoms with Crippen molar-refractivity contribution in [3.63, 3.8) is 0 Å². The first kappa shape index (κ1) is 12.5. The topological polar surface area (TPSA) is 26.2 Å². The van der Waals surface area contributed by atoms with Crippen molar-refractivity contribution in [1.29, 1.82) is 0 Å². The molecule has 4 rings (SSSR count). The number of ether oxygens (including phenoxy) is 1. The minimum Gasteiger partial charge on any atom is -0.486 e. The number of nitrogens with one attached hydrogen (secondary N) is 1. The van der Waals surface area contributed by atoms with Gasteiger partial charge in [-0.15, -0.1) is 0 Å². The molecule has 21 heavy (non-hydrogen) atoms. The predicted molar refractivity (Wildman–Crippen MR) is 84.9 cm³/mol. The quantitative estimate of drug-likeness (QED) is 0.796. The van der Waals surface area contributed by atoms with Crippen LogP contribution in [0, 0.1) is 0 Å². The van der Waals surface area contributed by atoms with Gasteiger partial charge in [-0.3, -0.25) is 0 Å². The molecule has 0 bridgehead atoms. The molecule has 3 aromatic rings. The maximum atomic E-state index is 6.15. The lowest BCUT2D eigenvalue weighted by Crippen LogP contribution is -2.33. The molecule has 0 saturated carbocycles. The first-order valence-corrected chi connectivity index (χ1v) is 7.34. The molecule has 1 aromatic heterocycles. The summed E-state index contributed by atoms with van der Waals surface area (Å²) in [6.07, 6.45) is 2.28. The van der Waals surface area contributed by atoms with Crippen molar-refractivity contribution >= 4 is 10.9 Å². The van der Waals surface area contributed by atoms with Gasteiger partial charge in [0, 0.05) is 23.8 Å². The van der Waals surface area contributed by atoms with Gasteiger partial charge < -0.3 is 14.6 Å². The van der Waals surface area contributed by atoms with Gasteiger partial charge in [0.1, 0.15) is 17.9 Å². The molecule has 2 heterocycles. The highest BCUT2D eigenvalue weighted by Crippen LogP contribution is 2.40. The standard InChI is InChI=1S/C18H18N2O/c1-19-12-17-18(14-7-3-5-9-16(14)21-17)20-11-10-13-6-2-4-8-15(13)20/h2-11,17-19H,12H2,1H3. The molecule has 1 aliphatic heterocycles. The van der Waals surface area contributed by atoms with E-state index in [9.17, 15) is 0 Å². The van der Waals surface area contributed by atoms with Crippen LogP contribution in [0.3, 0.4) is 0 Å². The zero-order valence-electron chi connectivity index (χ0n) is 12.0. The van der Waals surface area contributed by atoms with E-state index in [1.54, 1.807) is 0 Å². The van der Waals surface area contributed by atoms with E-state index < -0.39 is 0 Å². The summed E-state index contributed by atoms with van der Waals surface area (Å²) in [7, 11) is 1.97. The summed E-state index contributed by atoms with van der Waals surface area (Å²) >= 11 is 0. The van der Waals surface area contributed by atoms with E-state index in [1.165, 1.54) is 16.5 Å². The van der Waals surface area contributed by atoms with Gasteiger partial charge in [-0.05, 0) is 30.6 Å². The molecule has 2 aromatic carbocycles. The Bertz CT molecular complexity index is 777. The fourth-order valence-corrected chi connectivity index (χ4v) is 3.29. The minimum absolute atomic E-state index is 0.114. The lowest BCUT2D eigenvalue weighted by molar-refractivity contribution is 0.194. The summed E-state index contributed by atoms with van der Waals surface area (Å²) < 4.78 is 8.49. The minimum atomic E-state index is 0.114. The molecule has 3 nitrogen and oxygen atoms in total. The summed E-state index contributed by atoms with van der Waals surface area (Å²) in [6, 6.07) is 19.2. The van der Waals surface area contributed by atoms with Crippen LogP contribution >= 0.6 is 0 Å². The largest absolute Gasteiger partial charge is 0.486 e. The average Bonchev–Trinajstić information content (AvgIpc) is 3.08. The van der Waals surface area contributed by atoms with Crippen LogP contribution in [0.2, 0.25) is 0 Å². The first-order chi connectivity index (χ1) is 10.4. The monoisotopic (exact) mass is 278 g/mol. The molecular weight excluding hydrogens is 260 g/mol. The van der Waals surface area contributed by atoms with Crippen LogP contribution in [0.15, 0.2) is 60.8 Å². The average molecular weight is 278 g/mol. The Morgan fingerprint density at radius 1 is 1.05 bits per heavy atom. The second kappa shape index (κ2) is 4.93. The Kier molecular flexibility index (Phi) is 2.93. The van der Waals surface area contributed by atoms with Gasteiger partial charge in [-0.2, -0.15) is 0 Å². The summed E-state index contributed by atoms with van der Waals surface area (Å²) in [5.74, 6) is 1.00. The van der Waals surface area contributed by atoms with Gasteiger partial charge in [0.2, 0.25) is 0 Å². The number of hydrogen-bond acceptors (Lipinski definition) is 2. The summed E-state index contributed by atoms with van der Waals surface area (Å²) in [5, 5.41) is 4.51. The third-order valence-electron chi connectivity index (χ3n) is 4.20. The van der Waals surface area contributed by atoms with Crippen LogP contribution < -0.4 is 10.1 Å². The normalized spacial score (nSPS) is 20.4. The predicted octanol–water partition coefficient (Wildman–Crippen LogP) is 3.21. The molecule has 0 spiro atoms. The van der Waals surface area contributed by atoms with Crippen molar-refractivity contribution in [2.24, 2.45) is 0 Å². The number of fused-ring (bicyclic) bond motifs is 2. The Balaban J connectivity index is 1.87. The molecule has 0 amide bonds. The van der Waals surface area contributed by atoms with Crippen molar-refractivity contribution < 1.29 is 4.74 Å². The smallest absolute Gasteiger partial charge is 0.136 e. The number of likely N-dealkylation sites (N-methyl/N-ethyl adjacent to an activating group) is 1. The molecule has 1 aliphatic rings.